The third-order valence-corrected chi connectivity index (χ3v) is 19.6. The van der Waals surface area contributed by atoms with Crippen LogP contribution in [-0.2, 0) is 65.4 Å². The van der Waals surface area contributed by atoms with Gasteiger partial charge >= 0.3 is 39.5 Å². The number of ether oxygens (including phenoxy) is 4. The highest BCUT2D eigenvalue weighted by atomic mass is 31.2. The summed E-state index contributed by atoms with van der Waals surface area (Å²) in [5.74, 6) is -2.14. The van der Waals surface area contributed by atoms with Crippen molar-refractivity contribution in [2.75, 3.05) is 39.6 Å². The van der Waals surface area contributed by atoms with E-state index in [1.54, 1.807) is 0 Å². The fourth-order valence-electron chi connectivity index (χ4n) is 11.6. The number of aliphatic hydroxyl groups excluding tert-OH is 1. The molecule has 0 rings (SSSR count). The van der Waals surface area contributed by atoms with E-state index in [1.165, 1.54) is 199 Å². The molecule has 5 atom stereocenters. The van der Waals surface area contributed by atoms with E-state index in [9.17, 15) is 43.2 Å². The van der Waals surface area contributed by atoms with Gasteiger partial charge in [0.25, 0.3) is 0 Å². The highest BCUT2D eigenvalue weighted by Crippen LogP contribution is 2.45. The first-order valence-corrected chi connectivity index (χ1v) is 43.1. The van der Waals surface area contributed by atoms with Crippen LogP contribution in [0.4, 0.5) is 0 Å². The summed E-state index contributed by atoms with van der Waals surface area (Å²) < 4.78 is 68.5. The van der Waals surface area contributed by atoms with Crippen LogP contribution in [0.15, 0.2) is 24.3 Å². The molecule has 3 N–H and O–H groups in total. The number of phosphoric acid groups is 2. The van der Waals surface area contributed by atoms with Gasteiger partial charge in [0.15, 0.2) is 12.2 Å². The molecule has 0 heterocycles. The first-order valence-electron chi connectivity index (χ1n) is 40.1. The maximum absolute atomic E-state index is 13.1. The zero-order valence-corrected chi connectivity index (χ0v) is 64.3. The van der Waals surface area contributed by atoms with Crippen LogP contribution in [0.1, 0.15) is 394 Å². The van der Waals surface area contributed by atoms with E-state index in [0.29, 0.717) is 25.7 Å². The SMILES string of the molecule is CCCCCC/C=C\C=C/CCCCCCCC(=O)OC[C@H](COP(=O)(O)OC[C@@H](O)COP(=O)(O)OC[C@@H](COC(=O)CCCCCCCCCC)OC(=O)CCCCCCCCCCCCCCCCC)OC(=O)CCCCCCCCCCCCCCCCCCCCC. The molecule has 0 aliphatic heterocycles. The van der Waals surface area contributed by atoms with Crippen LogP contribution in [0.25, 0.3) is 0 Å². The van der Waals surface area contributed by atoms with Gasteiger partial charge in [-0.25, -0.2) is 9.13 Å². The lowest BCUT2D eigenvalue weighted by atomic mass is 10.0. The molecule has 572 valence electrons. The summed E-state index contributed by atoms with van der Waals surface area (Å²) in [5.41, 5.74) is 0. The molecule has 19 heteroatoms. The van der Waals surface area contributed by atoms with Crippen molar-refractivity contribution >= 4 is 39.5 Å². The van der Waals surface area contributed by atoms with Crippen molar-refractivity contribution in [1.29, 1.82) is 0 Å². The molecule has 0 saturated heterocycles. The standard InChI is InChI=1S/C78H148O17P2/c1-5-9-13-17-21-25-28-31-34-35-36-37-40-43-46-49-53-57-61-65-78(83)95-74(69-89-76(81)63-59-55-51-47-44-41-38-32-29-26-22-18-14-10-6-2)71-93-97(86,87)91-67-72(79)66-90-96(84,85)92-70-73(68-88-75(80)62-58-54-50-24-20-16-12-8-4)94-77(82)64-60-56-52-48-45-42-39-33-30-27-23-19-15-11-7-3/h26,29,32,38,72-74,79H,5-25,27-28,30-31,33-37,39-71H2,1-4H3,(H,84,85)(H,86,87)/b29-26-,38-32-/t72-,73+,74+/m0/s1. The van der Waals surface area contributed by atoms with Crippen LogP contribution in [0.5, 0.6) is 0 Å². The van der Waals surface area contributed by atoms with Gasteiger partial charge in [0.2, 0.25) is 0 Å². The van der Waals surface area contributed by atoms with E-state index < -0.39 is 97.5 Å². The van der Waals surface area contributed by atoms with Crippen LogP contribution >= 0.6 is 15.6 Å². The molecular weight excluding hydrogens is 1270 g/mol. The summed E-state index contributed by atoms with van der Waals surface area (Å²) in [5, 5.41) is 10.6. The monoisotopic (exact) mass is 1420 g/mol. The van der Waals surface area contributed by atoms with E-state index >= 15 is 0 Å². The normalized spacial score (nSPS) is 14.0. The largest absolute Gasteiger partial charge is 0.472 e. The predicted molar refractivity (Wildman–Crippen MR) is 395 cm³/mol. The number of rotatable bonds is 77. The molecule has 0 aromatic carbocycles. The number of unbranched alkanes of at least 4 members (excludes halogenated alkanes) is 48. The average molecular weight is 1420 g/mol. The second kappa shape index (κ2) is 71.9. The molecule has 0 radical (unpaired) electrons. The van der Waals surface area contributed by atoms with Gasteiger partial charge < -0.3 is 33.8 Å². The molecule has 0 aromatic rings. The molecule has 97 heavy (non-hydrogen) atoms. The average Bonchev–Trinajstić information content (AvgIpc) is 1.05. The highest BCUT2D eigenvalue weighted by Gasteiger charge is 2.30. The number of allylic oxidation sites excluding steroid dienone is 4. The van der Waals surface area contributed by atoms with Crippen molar-refractivity contribution in [3.05, 3.63) is 24.3 Å². The third kappa shape index (κ3) is 71.7. The van der Waals surface area contributed by atoms with Gasteiger partial charge in [-0.3, -0.25) is 37.3 Å². The number of carbonyl (C=O) groups is 4. The number of hydrogen-bond acceptors (Lipinski definition) is 15. The minimum absolute atomic E-state index is 0.102. The predicted octanol–water partition coefficient (Wildman–Crippen LogP) is 23.0. The summed E-state index contributed by atoms with van der Waals surface area (Å²) >= 11 is 0. The number of carbonyl (C=O) groups excluding carboxylic acids is 4. The Labute approximate surface area is 592 Å². The van der Waals surface area contributed by atoms with Gasteiger partial charge in [-0.1, -0.05) is 341 Å². The molecule has 17 nitrogen and oxygen atoms in total. The van der Waals surface area contributed by atoms with Gasteiger partial charge in [0, 0.05) is 25.7 Å². The lowest BCUT2D eigenvalue weighted by molar-refractivity contribution is -0.161. The van der Waals surface area contributed by atoms with Crippen molar-refractivity contribution in [3.63, 3.8) is 0 Å². The van der Waals surface area contributed by atoms with E-state index in [2.05, 4.69) is 52.0 Å². The third-order valence-electron chi connectivity index (χ3n) is 17.7. The topological polar surface area (TPSA) is 237 Å². The van der Waals surface area contributed by atoms with Gasteiger partial charge in [-0.15, -0.1) is 0 Å². The van der Waals surface area contributed by atoms with Crippen molar-refractivity contribution in [3.8, 4) is 0 Å². The first kappa shape index (κ1) is 94.5. The van der Waals surface area contributed by atoms with Gasteiger partial charge in [0.05, 0.1) is 26.4 Å². The molecule has 2 unspecified atom stereocenters. The van der Waals surface area contributed by atoms with Crippen molar-refractivity contribution in [2.24, 2.45) is 0 Å². The van der Waals surface area contributed by atoms with Gasteiger partial charge in [-0.2, -0.15) is 0 Å². The number of aliphatic hydroxyl groups is 1. The quantitative estimate of drug-likeness (QED) is 0.0169. The van der Waals surface area contributed by atoms with Crippen LogP contribution in [0, 0.1) is 0 Å². The van der Waals surface area contributed by atoms with Crippen LogP contribution in [-0.4, -0.2) is 96.7 Å². The van der Waals surface area contributed by atoms with Crippen molar-refractivity contribution < 1.29 is 80.2 Å². The lowest BCUT2D eigenvalue weighted by Gasteiger charge is -2.21. The Kier molecular flexibility index (Phi) is 70.1. The Hall–Kier alpha value is -2.46. The molecule has 0 saturated carbocycles. The minimum atomic E-state index is -4.96. The van der Waals surface area contributed by atoms with Crippen LogP contribution in [0.3, 0.4) is 0 Å². The summed E-state index contributed by atoms with van der Waals surface area (Å²) in [4.78, 5) is 72.8. The Morgan fingerprint density at radius 1 is 0.289 bits per heavy atom. The van der Waals surface area contributed by atoms with E-state index in [1.807, 2.05) is 0 Å². The summed E-state index contributed by atoms with van der Waals surface area (Å²) in [7, 11) is -9.92. The van der Waals surface area contributed by atoms with Crippen molar-refractivity contribution in [1.82, 2.24) is 0 Å². The van der Waals surface area contributed by atoms with Crippen LogP contribution < -0.4 is 0 Å². The number of hydrogen-bond donors (Lipinski definition) is 3. The molecule has 0 aliphatic rings. The maximum atomic E-state index is 13.1. The minimum Gasteiger partial charge on any atom is -0.462 e. The molecule has 0 spiro atoms. The fourth-order valence-corrected chi connectivity index (χ4v) is 13.1. The van der Waals surface area contributed by atoms with Crippen molar-refractivity contribution in [2.45, 2.75) is 412 Å². The van der Waals surface area contributed by atoms with E-state index in [-0.39, 0.29) is 25.7 Å². The second-order valence-corrected chi connectivity index (χ2v) is 30.3. The molecule has 0 aliphatic carbocycles. The number of phosphoric ester groups is 2. The highest BCUT2D eigenvalue weighted by molar-refractivity contribution is 7.47. The molecular formula is C78H148O17P2. The van der Waals surface area contributed by atoms with Gasteiger partial charge in [0.1, 0.15) is 19.3 Å². The Balaban J connectivity index is 5.23. The zero-order valence-electron chi connectivity index (χ0n) is 62.5. The molecule has 0 bridgehead atoms. The Bertz CT molecular complexity index is 1940. The fraction of sp³-hybridized carbons (Fsp3) is 0.897. The Morgan fingerprint density at radius 3 is 0.753 bits per heavy atom. The van der Waals surface area contributed by atoms with Crippen LogP contribution in [0.2, 0.25) is 0 Å². The second-order valence-electron chi connectivity index (χ2n) is 27.4. The first-order chi connectivity index (χ1) is 47.2. The smallest absolute Gasteiger partial charge is 0.462 e. The maximum Gasteiger partial charge on any atom is 0.472 e. The summed E-state index contributed by atoms with van der Waals surface area (Å²) in [6.07, 6.45) is 66.0. The molecule has 0 amide bonds. The summed E-state index contributed by atoms with van der Waals surface area (Å²) in [6.45, 7) is 4.91. The Morgan fingerprint density at radius 2 is 0.495 bits per heavy atom. The van der Waals surface area contributed by atoms with E-state index in [0.717, 1.165) is 116 Å². The summed E-state index contributed by atoms with van der Waals surface area (Å²) in [6, 6.07) is 0. The molecule has 0 fully saturated rings. The van der Waals surface area contributed by atoms with Gasteiger partial charge in [-0.05, 0) is 51.4 Å². The lowest BCUT2D eigenvalue weighted by Crippen LogP contribution is -2.30. The zero-order chi connectivity index (χ0) is 71.1. The van der Waals surface area contributed by atoms with E-state index in [4.69, 9.17) is 37.0 Å². The molecule has 0 aromatic heterocycles. The number of esters is 4.